The van der Waals surface area contributed by atoms with E-state index in [1.165, 1.54) is 6.26 Å². The van der Waals surface area contributed by atoms with E-state index in [-0.39, 0.29) is 11.5 Å². The Morgan fingerprint density at radius 3 is 2.10 bits per heavy atom. The van der Waals surface area contributed by atoms with Crippen molar-refractivity contribution in [3.63, 3.8) is 0 Å². The summed E-state index contributed by atoms with van der Waals surface area (Å²) in [6, 6.07) is 6.89. The molecule has 20 heavy (non-hydrogen) atoms. The van der Waals surface area contributed by atoms with Gasteiger partial charge in [0.05, 0.1) is 11.0 Å². The fourth-order valence-electron chi connectivity index (χ4n) is 1.72. The molecule has 2 unspecified atom stereocenters. The van der Waals surface area contributed by atoms with Gasteiger partial charge in [0.1, 0.15) is 0 Å². The monoisotopic (exact) mass is 299 g/mol. The topological polar surface area (TPSA) is 66.4 Å². The van der Waals surface area contributed by atoms with E-state index >= 15 is 0 Å². The van der Waals surface area contributed by atoms with Gasteiger partial charge in [0.25, 0.3) is 0 Å². The van der Waals surface area contributed by atoms with Crippen LogP contribution in [0.5, 0.6) is 0 Å². The highest BCUT2D eigenvalue weighted by Crippen LogP contribution is 2.20. The van der Waals surface area contributed by atoms with Gasteiger partial charge in [0.2, 0.25) is 0 Å². The van der Waals surface area contributed by atoms with Crippen LogP contribution in [0.15, 0.2) is 29.2 Å². The van der Waals surface area contributed by atoms with Crippen molar-refractivity contribution in [1.82, 2.24) is 5.32 Å². The highest BCUT2D eigenvalue weighted by Gasteiger charge is 2.22. The molecule has 114 valence electrons. The van der Waals surface area contributed by atoms with E-state index in [0.717, 1.165) is 5.56 Å². The van der Waals surface area contributed by atoms with Gasteiger partial charge in [-0.25, -0.2) is 8.42 Å². The fourth-order valence-corrected chi connectivity index (χ4v) is 2.35. The molecule has 0 aromatic heterocycles. The number of benzene rings is 1. The summed E-state index contributed by atoms with van der Waals surface area (Å²) < 4.78 is 22.8. The van der Waals surface area contributed by atoms with Crippen molar-refractivity contribution in [2.75, 3.05) is 12.8 Å². The average Bonchev–Trinajstić information content (AvgIpc) is 2.33. The Labute approximate surface area is 122 Å². The molecule has 1 aromatic rings. The summed E-state index contributed by atoms with van der Waals surface area (Å²) in [6.07, 6.45) is 0.767. The summed E-state index contributed by atoms with van der Waals surface area (Å²) >= 11 is 0. The molecule has 0 fully saturated rings. The van der Waals surface area contributed by atoms with Gasteiger partial charge < -0.3 is 10.4 Å². The van der Waals surface area contributed by atoms with Crippen LogP contribution in [0.25, 0.3) is 0 Å². The first-order valence-corrected chi connectivity index (χ1v) is 8.62. The molecule has 0 radical (unpaired) electrons. The number of nitrogens with one attached hydrogen (secondary N) is 1. The van der Waals surface area contributed by atoms with Crippen LogP contribution in [-0.2, 0) is 9.84 Å². The summed E-state index contributed by atoms with van der Waals surface area (Å²) in [5.41, 5.74) is 0.839. The zero-order chi connectivity index (χ0) is 15.6. The van der Waals surface area contributed by atoms with Crippen LogP contribution in [0.4, 0.5) is 0 Å². The van der Waals surface area contributed by atoms with Crippen LogP contribution >= 0.6 is 0 Å². The quantitative estimate of drug-likeness (QED) is 0.874. The van der Waals surface area contributed by atoms with E-state index in [1.807, 2.05) is 27.7 Å². The Balaban J connectivity index is 2.67. The second-order valence-electron chi connectivity index (χ2n) is 6.35. The number of hydrogen-bond acceptors (Lipinski definition) is 4. The third-order valence-corrected chi connectivity index (χ3v) is 4.55. The Bertz CT molecular complexity index is 529. The van der Waals surface area contributed by atoms with Crippen LogP contribution in [0.3, 0.4) is 0 Å². The summed E-state index contributed by atoms with van der Waals surface area (Å²) in [5.74, 6) is 0. The number of rotatable bonds is 5. The van der Waals surface area contributed by atoms with Crippen molar-refractivity contribution >= 4 is 9.84 Å². The maximum Gasteiger partial charge on any atom is 0.175 e. The third kappa shape index (κ3) is 4.89. The summed E-state index contributed by atoms with van der Waals surface area (Å²) in [4.78, 5) is 0.322. The summed E-state index contributed by atoms with van der Waals surface area (Å²) in [6.45, 7) is 8.46. The lowest BCUT2D eigenvalue weighted by Crippen LogP contribution is -2.37. The minimum absolute atomic E-state index is 0.0561. The molecular formula is C15H25NO3S. The molecule has 0 heterocycles. The number of sulfone groups is 1. The molecule has 0 aliphatic heterocycles. The Morgan fingerprint density at radius 2 is 1.70 bits per heavy atom. The Hall–Kier alpha value is -0.910. The minimum Gasteiger partial charge on any atom is -0.391 e. The predicted octanol–water partition coefficient (Wildman–Crippen LogP) is 2.15. The van der Waals surface area contributed by atoms with Gasteiger partial charge in [-0.1, -0.05) is 32.9 Å². The van der Waals surface area contributed by atoms with E-state index in [2.05, 4.69) is 5.32 Å². The molecule has 5 heteroatoms. The average molecular weight is 299 g/mol. The normalized spacial score (nSPS) is 15.9. The minimum atomic E-state index is -3.15. The van der Waals surface area contributed by atoms with Gasteiger partial charge in [-0.2, -0.15) is 0 Å². The summed E-state index contributed by atoms with van der Waals surface area (Å²) in [7, 11) is -3.15. The van der Waals surface area contributed by atoms with Gasteiger partial charge >= 0.3 is 0 Å². The first-order valence-electron chi connectivity index (χ1n) is 6.73. The van der Waals surface area contributed by atoms with E-state index in [4.69, 9.17) is 0 Å². The van der Waals surface area contributed by atoms with Crippen molar-refractivity contribution < 1.29 is 13.5 Å². The van der Waals surface area contributed by atoms with Gasteiger partial charge in [-0.3, -0.25) is 0 Å². The number of aliphatic hydroxyl groups is 1. The lowest BCUT2D eigenvalue weighted by atomic mass is 9.89. The van der Waals surface area contributed by atoms with Gasteiger partial charge in [-0.05, 0) is 30.0 Å². The number of aliphatic hydroxyl groups excluding tert-OH is 1. The number of hydrogen-bond donors (Lipinski definition) is 2. The lowest BCUT2D eigenvalue weighted by Gasteiger charge is -2.27. The van der Waals surface area contributed by atoms with Crippen LogP contribution in [0, 0.1) is 5.41 Å². The molecule has 0 bridgehead atoms. The first kappa shape index (κ1) is 17.1. The van der Waals surface area contributed by atoms with Crippen molar-refractivity contribution in [3.05, 3.63) is 29.8 Å². The van der Waals surface area contributed by atoms with Crippen LogP contribution in [0.2, 0.25) is 0 Å². The van der Waals surface area contributed by atoms with E-state index in [0.29, 0.717) is 11.4 Å². The fraction of sp³-hybridized carbons (Fsp3) is 0.600. The molecule has 4 nitrogen and oxygen atoms in total. The molecule has 0 saturated heterocycles. The molecule has 0 aliphatic carbocycles. The van der Waals surface area contributed by atoms with E-state index < -0.39 is 15.9 Å². The van der Waals surface area contributed by atoms with Gasteiger partial charge in [0, 0.05) is 18.8 Å². The maximum absolute atomic E-state index is 11.4. The summed E-state index contributed by atoms with van der Waals surface area (Å²) in [5, 5.41) is 13.3. The smallest absolute Gasteiger partial charge is 0.175 e. The zero-order valence-corrected chi connectivity index (χ0v) is 13.7. The molecule has 0 spiro atoms. The molecule has 0 saturated carbocycles. The van der Waals surface area contributed by atoms with Crippen molar-refractivity contribution in [2.24, 2.45) is 5.41 Å². The van der Waals surface area contributed by atoms with Crippen LogP contribution in [-0.4, -0.2) is 32.4 Å². The molecule has 1 aromatic carbocycles. The Morgan fingerprint density at radius 1 is 1.20 bits per heavy atom. The van der Waals surface area contributed by atoms with E-state index in [1.54, 1.807) is 24.3 Å². The second-order valence-corrected chi connectivity index (χ2v) is 8.37. The second kappa shape index (κ2) is 6.24. The van der Waals surface area contributed by atoms with Crippen molar-refractivity contribution in [2.45, 2.75) is 44.7 Å². The maximum atomic E-state index is 11.4. The highest BCUT2D eigenvalue weighted by molar-refractivity contribution is 7.90. The molecule has 1 rings (SSSR count). The van der Waals surface area contributed by atoms with Crippen LogP contribution < -0.4 is 5.32 Å². The largest absolute Gasteiger partial charge is 0.391 e. The zero-order valence-electron chi connectivity index (χ0n) is 12.8. The first-order chi connectivity index (χ1) is 9.01. The van der Waals surface area contributed by atoms with Crippen molar-refractivity contribution in [3.8, 4) is 0 Å². The van der Waals surface area contributed by atoms with E-state index in [9.17, 15) is 13.5 Å². The van der Waals surface area contributed by atoms with Gasteiger partial charge in [0.15, 0.2) is 9.84 Å². The molecule has 0 aliphatic rings. The Kier molecular flexibility index (Phi) is 5.35. The van der Waals surface area contributed by atoms with Crippen LogP contribution in [0.1, 0.15) is 39.3 Å². The molecule has 2 N–H and O–H groups in total. The van der Waals surface area contributed by atoms with Crippen molar-refractivity contribution in [1.29, 1.82) is 0 Å². The SMILES string of the molecule is CC(NCC(O)C(C)(C)C)c1ccc(S(C)(=O)=O)cc1. The highest BCUT2D eigenvalue weighted by atomic mass is 32.2. The lowest BCUT2D eigenvalue weighted by molar-refractivity contribution is 0.0609. The molecule has 0 amide bonds. The molecular weight excluding hydrogens is 274 g/mol. The standard InChI is InChI=1S/C15H25NO3S/c1-11(16-10-14(17)15(2,3)4)12-6-8-13(9-7-12)20(5,18)19/h6-9,11,14,16-17H,10H2,1-5H3. The third-order valence-electron chi connectivity index (χ3n) is 3.43. The molecule has 2 atom stereocenters. The predicted molar refractivity (Wildman–Crippen MR) is 81.4 cm³/mol. The van der Waals surface area contributed by atoms with Gasteiger partial charge in [-0.15, -0.1) is 0 Å².